The second kappa shape index (κ2) is 8.06. The summed E-state index contributed by atoms with van der Waals surface area (Å²) in [7, 11) is 0. The van der Waals surface area contributed by atoms with Crippen LogP contribution in [0.4, 0.5) is 0 Å². The Balaban J connectivity index is 1.95. The van der Waals surface area contributed by atoms with E-state index in [1.807, 2.05) is 31.2 Å². The number of halogens is 1. The first-order valence-electron chi connectivity index (χ1n) is 8.52. The van der Waals surface area contributed by atoms with Gasteiger partial charge in [-0.1, -0.05) is 15.9 Å². The third kappa shape index (κ3) is 4.07. The second-order valence-electron chi connectivity index (χ2n) is 6.18. The van der Waals surface area contributed by atoms with Crippen molar-refractivity contribution in [2.45, 2.75) is 25.8 Å². The number of hydrogen-bond donors (Lipinski definition) is 1. The van der Waals surface area contributed by atoms with Gasteiger partial charge in [0.25, 0.3) is 0 Å². The van der Waals surface area contributed by atoms with E-state index in [9.17, 15) is 9.90 Å². The Morgan fingerprint density at radius 1 is 1.40 bits per heavy atom. The van der Waals surface area contributed by atoms with Crippen LogP contribution in [-0.2, 0) is 4.79 Å². The zero-order valence-corrected chi connectivity index (χ0v) is 15.7. The van der Waals surface area contributed by atoms with E-state index in [0.29, 0.717) is 32.5 Å². The van der Waals surface area contributed by atoms with Crippen LogP contribution in [0.3, 0.4) is 0 Å². The number of aliphatic carboxylic acids is 1. The molecule has 1 aromatic heterocycles. The minimum atomic E-state index is -0.702. The van der Waals surface area contributed by atoms with Crippen LogP contribution in [0.15, 0.2) is 45.5 Å². The Kier molecular flexibility index (Phi) is 5.81. The smallest absolute Gasteiger partial charge is 0.306 e. The molecule has 5 nitrogen and oxygen atoms in total. The molecular weight excluding hydrogens is 386 g/mol. The fraction of sp³-hybridized carbons (Fsp3) is 0.421. The Morgan fingerprint density at radius 3 is 2.76 bits per heavy atom. The van der Waals surface area contributed by atoms with E-state index in [2.05, 4.69) is 26.9 Å². The van der Waals surface area contributed by atoms with Gasteiger partial charge in [-0.15, -0.1) is 0 Å². The molecule has 1 saturated heterocycles. The lowest BCUT2D eigenvalue weighted by Crippen LogP contribution is -2.39. The van der Waals surface area contributed by atoms with Gasteiger partial charge in [0.15, 0.2) is 0 Å². The monoisotopic (exact) mass is 407 g/mol. The topological polar surface area (TPSA) is 62.9 Å². The lowest BCUT2D eigenvalue weighted by atomic mass is 9.93. The minimum Gasteiger partial charge on any atom is -0.494 e. The molecule has 0 spiro atoms. The van der Waals surface area contributed by atoms with Gasteiger partial charge in [-0.05, 0) is 50.1 Å². The zero-order valence-electron chi connectivity index (χ0n) is 14.2. The maximum absolute atomic E-state index is 11.3. The second-order valence-corrected chi connectivity index (χ2v) is 7.10. The van der Waals surface area contributed by atoms with Crippen molar-refractivity contribution < 1.29 is 19.1 Å². The molecule has 0 bridgehead atoms. The van der Waals surface area contributed by atoms with Crippen molar-refractivity contribution in [1.82, 2.24) is 4.90 Å². The number of carbonyl (C=O) groups is 1. The Hall–Kier alpha value is -1.79. The molecule has 1 atom stereocenters. The number of piperidine rings is 1. The van der Waals surface area contributed by atoms with Crippen molar-refractivity contribution in [3.8, 4) is 5.75 Å². The molecule has 1 aromatic carbocycles. The summed E-state index contributed by atoms with van der Waals surface area (Å²) in [4.78, 5) is 13.5. The number of rotatable bonds is 6. The molecule has 0 saturated carbocycles. The average molecular weight is 408 g/mol. The van der Waals surface area contributed by atoms with E-state index in [-0.39, 0.29) is 12.0 Å². The number of carboxylic acids is 1. The van der Waals surface area contributed by atoms with E-state index in [1.54, 1.807) is 6.26 Å². The van der Waals surface area contributed by atoms with Crippen molar-refractivity contribution in [2.75, 3.05) is 19.7 Å². The van der Waals surface area contributed by atoms with Crippen molar-refractivity contribution in [3.63, 3.8) is 0 Å². The molecule has 1 aliphatic heterocycles. The number of furan rings is 1. The van der Waals surface area contributed by atoms with Crippen molar-refractivity contribution >= 4 is 21.9 Å². The summed E-state index contributed by atoms with van der Waals surface area (Å²) in [5.74, 6) is 0.703. The van der Waals surface area contributed by atoms with Crippen LogP contribution in [-0.4, -0.2) is 35.7 Å². The number of likely N-dealkylation sites (tertiary alicyclic amines) is 1. The summed E-state index contributed by atoms with van der Waals surface area (Å²) in [6.07, 6.45) is 2.96. The normalized spacial score (nSPS) is 17.4. The van der Waals surface area contributed by atoms with Crippen LogP contribution in [0.5, 0.6) is 5.75 Å². The van der Waals surface area contributed by atoms with Gasteiger partial charge in [0.05, 0.1) is 24.8 Å². The van der Waals surface area contributed by atoms with Gasteiger partial charge in [-0.3, -0.25) is 9.69 Å². The highest BCUT2D eigenvalue weighted by molar-refractivity contribution is 9.10. The van der Waals surface area contributed by atoms with E-state index in [4.69, 9.17) is 9.15 Å². The third-order valence-electron chi connectivity index (χ3n) is 4.62. The van der Waals surface area contributed by atoms with Crippen molar-refractivity contribution in [2.24, 2.45) is 5.92 Å². The maximum atomic E-state index is 11.3. The van der Waals surface area contributed by atoms with E-state index in [1.165, 1.54) is 0 Å². The first kappa shape index (κ1) is 18.0. The van der Waals surface area contributed by atoms with E-state index in [0.717, 1.165) is 21.5 Å². The SMILES string of the molecule is CCOc1ccc(Br)cc1C(c1ccco1)N1CCC(C(=O)O)CC1. The fourth-order valence-corrected chi connectivity index (χ4v) is 3.78. The summed E-state index contributed by atoms with van der Waals surface area (Å²) < 4.78 is 12.5. The largest absolute Gasteiger partial charge is 0.494 e. The van der Waals surface area contributed by atoms with Gasteiger partial charge in [0.2, 0.25) is 0 Å². The predicted molar refractivity (Wildman–Crippen MR) is 97.8 cm³/mol. The van der Waals surface area contributed by atoms with Gasteiger partial charge in [0, 0.05) is 23.1 Å². The number of hydrogen-bond acceptors (Lipinski definition) is 4. The van der Waals surface area contributed by atoms with Gasteiger partial charge in [0.1, 0.15) is 11.5 Å². The third-order valence-corrected chi connectivity index (χ3v) is 5.12. The van der Waals surface area contributed by atoms with Crippen LogP contribution in [0, 0.1) is 5.92 Å². The molecule has 6 heteroatoms. The van der Waals surface area contributed by atoms with Gasteiger partial charge >= 0.3 is 5.97 Å². The molecule has 3 rings (SSSR count). The Bertz CT molecular complexity index is 708. The van der Waals surface area contributed by atoms with Crippen LogP contribution >= 0.6 is 15.9 Å². The van der Waals surface area contributed by atoms with E-state index >= 15 is 0 Å². The lowest BCUT2D eigenvalue weighted by molar-refractivity contribution is -0.143. The summed E-state index contributed by atoms with van der Waals surface area (Å²) >= 11 is 3.55. The first-order valence-corrected chi connectivity index (χ1v) is 9.32. The minimum absolute atomic E-state index is 0.0937. The summed E-state index contributed by atoms with van der Waals surface area (Å²) in [5, 5.41) is 9.25. The van der Waals surface area contributed by atoms with Gasteiger partial charge < -0.3 is 14.3 Å². The zero-order chi connectivity index (χ0) is 17.8. The van der Waals surface area contributed by atoms with E-state index < -0.39 is 5.97 Å². The summed E-state index contributed by atoms with van der Waals surface area (Å²) in [5.41, 5.74) is 1.03. The van der Waals surface area contributed by atoms with Crippen LogP contribution in [0.25, 0.3) is 0 Å². The lowest BCUT2D eigenvalue weighted by Gasteiger charge is -2.36. The summed E-state index contributed by atoms with van der Waals surface area (Å²) in [6.45, 7) is 3.97. The summed E-state index contributed by atoms with van der Waals surface area (Å²) in [6, 6.07) is 9.73. The molecule has 25 heavy (non-hydrogen) atoms. The fourth-order valence-electron chi connectivity index (χ4n) is 3.40. The molecule has 0 aliphatic carbocycles. The quantitative estimate of drug-likeness (QED) is 0.771. The predicted octanol–water partition coefficient (Wildman–Crippen LogP) is 4.33. The number of nitrogens with zero attached hydrogens (tertiary/aromatic N) is 1. The molecule has 1 unspecified atom stereocenters. The first-order chi connectivity index (χ1) is 12.1. The highest BCUT2D eigenvalue weighted by atomic mass is 79.9. The molecule has 0 radical (unpaired) electrons. The molecule has 1 N–H and O–H groups in total. The number of carboxylic acid groups (broad SMARTS) is 1. The van der Waals surface area contributed by atoms with Gasteiger partial charge in [-0.2, -0.15) is 0 Å². The van der Waals surface area contributed by atoms with Crippen LogP contribution < -0.4 is 4.74 Å². The van der Waals surface area contributed by atoms with Gasteiger partial charge in [-0.25, -0.2) is 0 Å². The molecular formula is C19H22BrNO4. The standard InChI is InChI=1S/C19H22BrNO4/c1-2-24-16-6-5-14(20)12-15(16)18(17-4-3-11-25-17)21-9-7-13(8-10-21)19(22)23/h3-6,11-13,18H,2,7-10H2,1H3,(H,22,23). The molecule has 2 aromatic rings. The number of ether oxygens (including phenoxy) is 1. The highest BCUT2D eigenvalue weighted by Crippen LogP contribution is 2.38. The molecule has 1 fully saturated rings. The Labute approximate surface area is 155 Å². The molecule has 1 aliphatic rings. The van der Waals surface area contributed by atoms with Crippen molar-refractivity contribution in [1.29, 1.82) is 0 Å². The average Bonchev–Trinajstić information content (AvgIpc) is 3.12. The molecule has 134 valence electrons. The van der Waals surface area contributed by atoms with Crippen molar-refractivity contribution in [3.05, 3.63) is 52.4 Å². The number of benzene rings is 1. The Morgan fingerprint density at radius 2 is 2.16 bits per heavy atom. The van der Waals surface area contributed by atoms with Crippen LogP contribution in [0.1, 0.15) is 37.1 Å². The van der Waals surface area contributed by atoms with Crippen LogP contribution in [0.2, 0.25) is 0 Å². The highest BCUT2D eigenvalue weighted by Gasteiger charge is 2.33. The maximum Gasteiger partial charge on any atom is 0.306 e. The molecule has 2 heterocycles. The molecule has 0 amide bonds.